The summed E-state index contributed by atoms with van der Waals surface area (Å²) >= 11 is 3.46. The van der Waals surface area contributed by atoms with E-state index in [1.165, 1.54) is 238 Å². The predicted octanol–water partition coefficient (Wildman–Crippen LogP) is 16.8. The van der Waals surface area contributed by atoms with Crippen LogP contribution in [-0.4, -0.2) is 63.1 Å². The molecule has 1 heterocycles. The van der Waals surface area contributed by atoms with E-state index < -0.39 is 11.9 Å². The molecule has 6 nitrogen and oxygen atoms in total. The van der Waals surface area contributed by atoms with Crippen LogP contribution in [0.3, 0.4) is 0 Å². The van der Waals surface area contributed by atoms with Crippen molar-refractivity contribution in [3.05, 3.63) is 6.92 Å². The average molecular weight is 1090 g/mol. The third kappa shape index (κ3) is 80.5. The van der Waals surface area contributed by atoms with Crippen molar-refractivity contribution >= 4 is 56.9 Å². The Hall–Kier alpha value is 0.136. The summed E-state index contributed by atoms with van der Waals surface area (Å²) in [6.07, 6.45) is 57.4. The minimum absolute atomic E-state index is 0. The number of unbranched alkanes of at least 4 members (excludes halogenated alkanes) is 25. The van der Waals surface area contributed by atoms with Crippen LogP contribution in [0.1, 0.15) is 323 Å². The summed E-state index contributed by atoms with van der Waals surface area (Å²) in [5, 5.41) is 18.2. The molecule has 2 N–H and O–H groups in total. The van der Waals surface area contributed by atoms with Gasteiger partial charge in [0.2, 0.25) is 0 Å². The molecule has 0 aromatic carbocycles. The molecule has 0 spiro atoms. The van der Waals surface area contributed by atoms with Gasteiger partial charge in [0.25, 0.3) is 0 Å². The normalized spacial score (nSPS) is 14.6. The summed E-state index contributed by atoms with van der Waals surface area (Å²) in [5.41, 5.74) is 0. The van der Waals surface area contributed by atoms with Gasteiger partial charge in [-0.2, -0.15) is 5.92 Å². The summed E-state index contributed by atoms with van der Waals surface area (Å²) < 4.78 is 5.23. The number of hydrogen-bond donors (Lipinski definition) is 2. The molecule has 1 aliphatic heterocycles. The molecule has 0 saturated carbocycles. The van der Waals surface area contributed by atoms with E-state index in [9.17, 15) is 14.4 Å². The molecule has 1 aliphatic rings. The number of aliphatic carboxylic acids is 2. The molecular formula is C58H114Br2MgO6. The van der Waals surface area contributed by atoms with E-state index in [-0.39, 0.29) is 46.0 Å². The van der Waals surface area contributed by atoms with Crippen LogP contribution in [-0.2, 0) is 19.1 Å². The van der Waals surface area contributed by atoms with Crippen LogP contribution >= 0.6 is 15.9 Å². The van der Waals surface area contributed by atoms with Crippen molar-refractivity contribution in [3.63, 3.8) is 0 Å². The fourth-order valence-electron chi connectivity index (χ4n) is 7.98. The Morgan fingerprint density at radius 1 is 0.493 bits per heavy atom. The maximum Gasteiger partial charge on any atom is 2.00 e. The molecule has 398 valence electrons. The molecule has 1 fully saturated rings. The Morgan fingerprint density at radius 3 is 1.04 bits per heavy atom. The molecule has 0 aliphatic carbocycles. The van der Waals surface area contributed by atoms with E-state index in [0.29, 0.717) is 31.8 Å². The number of esters is 1. The van der Waals surface area contributed by atoms with Gasteiger partial charge in [-0.25, -0.2) is 0 Å². The molecule has 9 heteroatoms. The number of carbonyl (C=O) groups excluding carboxylic acids is 1. The van der Waals surface area contributed by atoms with Crippen LogP contribution in [0.5, 0.6) is 0 Å². The molecule has 1 saturated heterocycles. The smallest absolute Gasteiger partial charge is 1.00 e. The number of carboxylic acids is 2. The van der Waals surface area contributed by atoms with E-state index >= 15 is 0 Å². The van der Waals surface area contributed by atoms with Crippen molar-refractivity contribution in [3.8, 4) is 0 Å². The third-order valence-electron chi connectivity index (χ3n) is 13.0. The third-order valence-corrected chi connectivity index (χ3v) is 13.6. The topological polar surface area (TPSA) is 101 Å². The van der Waals surface area contributed by atoms with Crippen LogP contribution < -0.4 is 17.0 Å². The fourth-order valence-corrected chi connectivity index (χ4v) is 8.38. The number of alkyl halides is 1. The van der Waals surface area contributed by atoms with Gasteiger partial charge in [0.1, 0.15) is 0 Å². The van der Waals surface area contributed by atoms with Gasteiger partial charge in [0.15, 0.2) is 0 Å². The Labute approximate surface area is 453 Å². The first-order valence-corrected chi connectivity index (χ1v) is 29.7. The largest absolute Gasteiger partial charge is 2.00 e. The quantitative estimate of drug-likeness (QED) is 0.0219. The number of halogens is 2. The van der Waals surface area contributed by atoms with E-state index in [2.05, 4.69) is 50.5 Å². The van der Waals surface area contributed by atoms with Gasteiger partial charge in [-0.1, -0.05) is 288 Å². The number of hydrogen-bond acceptors (Lipinski definition) is 4. The summed E-state index contributed by atoms with van der Waals surface area (Å²) in [6, 6.07) is 0. The number of cyclic esters (lactones) is 1. The van der Waals surface area contributed by atoms with Gasteiger partial charge in [0, 0.05) is 24.6 Å². The molecule has 2 atom stereocenters. The van der Waals surface area contributed by atoms with Crippen LogP contribution in [0.2, 0.25) is 0 Å². The van der Waals surface area contributed by atoms with Gasteiger partial charge in [-0.15, -0.1) is 0 Å². The van der Waals surface area contributed by atoms with Crippen molar-refractivity contribution in [2.75, 3.05) is 11.9 Å². The average Bonchev–Trinajstić information content (AvgIpc) is 3.29. The molecule has 0 bridgehead atoms. The molecule has 0 amide bonds. The zero-order valence-corrected chi connectivity index (χ0v) is 49.9. The minimum Gasteiger partial charge on any atom is -1.00 e. The van der Waals surface area contributed by atoms with Crippen molar-refractivity contribution in [1.82, 2.24) is 0 Å². The summed E-state index contributed by atoms with van der Waals surface area (Å²) in [4.78, 5) is 32.1. The van der Waals surface area contributed by atoms with Crippen LogP contribution in [0.25, 0.3) is 0 Å². The van der Waals surface area contributed by atoms with Crippen molar-refractivity contribution in [1.29, 1.82) is 0 Å². The monoisotopic (exact) mass is 1090 g/mol. The van der Waals surface area contributed by atoms with E-state index in [1.807, 2.05) is 0 Å². The van der Waals surface area contributed by atoms with Gasteiger partial charge in [0.05, 0.1) is 6.61 Å². The van der Waals surface area contributed by atoms with E-state index in [1.54, 1.807) is 0 Å². The molecule has 67 heavy (non-hydrogen) atoms. The summed E-state index contributed by atoms with van der Waals surface area (Å²) in [7, 11) is 0. The Balaban J connectivity index is -0.000000270. The molecular weight excluding hydrogens is 977 g/mol. The van der Waals surface area contributed by atoms with Crippen molar-refractivity contribution in [2.45, 2.75) is 323 Å². The molecule has 0 aromatic rings. The zero-order valence-electron chi connectivity index (χ0n) is 45.3. The number of carbonyl (C=O) groups is 3. The van der Waals surface area contributed by atoms with Gasteiger partial charge >= 0.3 is 41.0 Å². The summed E-state index contributed by atoms with van der Waals surface area (Å²) in [5.74, 6) is 0.262. The minimum atomic E-state index is -0.656. The summed E-state index contributed by atoms with van der Waals surface area (Å²) in [6.45, 7) is 13.3. The number of ether oxygens (including phenoxy) is 1. The van der Waals surface area contributed by atoms with Crippen LogP contribution in [0, 0.1) is 18.8 Å². The second-order valence-electron chi connectivity index (χ2n) is 19.9. The Bertz CT molecular complexity index is 919. The van der Waals surface area contributed by atoms with Crippen molar-refractivity contribution < 1.29 is 46.3 Å². The first kappa shape index (κ1) is 76.1. The standard InChI is InChI=1S/C21H42O2.C16H31BrO2.C16H30O2.C5H11.BrH.Mg/c1-3-20(2)18-16-14-12-10-8-6-4-5-7-9-11-13-15-17-19-21(22)23;17-15-13-11-9-7-5-3-1-2-4-6-8-10-12-14-16(18)19;17-16-14-12-10-8-6-4-2-1-3-5-7-9-11-13-15-18-16;1-4-5(2)3;;/h20H,3-19H2,1-2H3,(H,22,23);1-15H2,(H,18,19);1-15H2;5H,2,4H2,1,3H3;1H;/q;;;-1;;+2/p-1. The van der Waals surface area contributed by atoms with Crippen LogP contribution in [0.15, 0.2) is 0 Å². The second kappa shape index (κ2) is 68.2. The number of rotatable bonds is 34. The fraction of sp³-hybridized carbons (Fsp3) is 0.931. The van der Waals surface area contributed by atoms with Gasteiger partial charge < -0.3 is 38.9 Å². The first-order valence-electron chi connectivity index (χ1n) is 28.6. The maximum atomic E-state index is 11.4. The Kier molecular flexibility index (Phi) is 77.4. The predicted molar refractivity (Wildman–Crippen MR) is 293 cm³/mol. The SMILES string of the molecule is CCC(C)CCCCCCCCCCCCCCCCC(=O)O.O=C(O)CCCCCCCCCCCCCCCBr.O=C1CCCCCCCCCCCCCCCO1.[Br-].[CH2-]C(C)CC.[Mg+2]. The maximum absolute atomic E-state index is 11.4. The number of carboxylic acid groups (broad SMARTS) is 2. The van der Waals surface area contributed by atoms with Gasteiger partial charge in [-0.05, 0) is 38.0 Å². The molecule has 0 radical (unpaired) electrons. The molecule has 0 aromatic heterocycles. The van der Waals surface area contributed by atoms with Gasteiger partial charge in [-0.3, -0.25) is 14.4 Å². The Morgan fingerprint density at radius 2 is 0.761 bits per heavy atom. The second-order valence-corrected chi connectivity index (χ2v) is 20.7. The first-order chi connectivity index (χ1) is 31.6. The molecule has 1 rings (SSSR count). The van der Waals surface area contributed by atoms with Crippen molar-refractivity contribution in [2.24, 2.45) is 11.8 Å². The molecule has 2 unspecified atom stereocenters. The van der Waals surface area contributed by atoms with E-state index in [0.717, 1.165) is 49.8 Å². The van der Waals surface area contributed by atoms with E-state index in [4.69, 9.17) is 14.9 Å². The van der Waals surface area contributed by atoms with Crippen LogP contribution in [0.4, 0.5) is 0 Å². The zero-order chi connectivity index (χ0) is 48.5.